The van der Waals surface area contributed by atoms with Gasteiger partial charge in [-0.15, -0.1) is 0 Å². The number of hydrogen-bond acceptors (Lipinski definition) is 4. The third-order valence-corrected chi connectivity index (χ3v) is 16.2. The Morgan fingerprint density at radius 2 is 0.627 bits per heavy atom. The molecule has 0 fully saturated rings. The van der Waals surface area contributed by atoms with E-state index in [1.807, 2.05) is 78.9 Å². The summed E-state index contributed by atoms with van der Waals surface area (Å²) in [6.45, 7) is 9.36. The smallest absolute Gasteiger partial charge is 0.213 e. The van der Waals surface area contributed by atoms with Crippen molar-refractivity contribution in [1.82, 2.24) is 24.1 Å². The zero-order valence-electron chi connectivity index (χ0n) is 44.6. The molecule has 0 aliphatic carbocycles. The second-order valence-electron chi connectivity index (χ2n) is 21.0. The van der Waals surface area contributed by atoms with Crippen LogP contribution in [0.4, 0.5) is 5.69 Å². The monoisotopic (exact) mass is 1060 g/mol. The Morgan fingerprint density at radius 3 is 1.00 bits per heavy atom. The van der Waals surface area contributed by atoms with Gasteiger partial charge in [-0.05, 0) is 105 Å². The van der Waals surface area contributed by atoms with Crippen molar-refractivity contribution in [2.45, 2.75) is 0 Å². The van der Waals surface area contributed by atoms with Crippen molar-refractivity contribution < 1.29 is 4.42 Å². The van der Waals surface area contributed by atoms with Gasteiger partial charge in [-0.25, -0.2) is 19.8 Å². The zero-order valence-corrected chi connectivity index (χ0v) is 44.6. The van der Waals surface area contributed by atoms with E-state index in [0.717, 1.165) is 116 Å². The van der Waals surface area contributed by atoms with Crippen LogP contribution in [0.5, 0.6) is 0 Å². The summed E-state index contributed by atoms with van der Waals surface area (Å²) in [7, 11) is 0. The van der Waals surface area contributed by atoms with Gasteiger partial charge < -0.3 is 13.6 Å². The standard InChI is InChI=1S/C76H46N6O/c1-77-65-47-64-58-33-20-34-59(76-79-74(52-29-16-6-17-30-52)78-75(80-76)53-31-18-7-19-32-53)72(58)83-73(64)71(82-68-41-37-56(50-25-12-4-13-26-50)45-62(68)63-46-57(38-42-69(63)82)51-27-14-5-15-28-51)70(65)81-66-39-35-54(48-21-8-2-9-22-48)43-60(66)61-44-55(36-40-67(61)81)49-23-10-3-11-24-49/h2-47H. The fourth-order valence-corrected chi connectivity index (χ4v) is 12.3. The summed E-state index contributed by atoms with van der Waals surface area (Å²) in [5, 5.41) is 5.89. The molecule has 0 bridgehead atoms. The molecule has 0 unspecified atom stereocenters. The lowest BCUT2D eigenvalue weighted by molar-refractivity contribution is 0.666. The van der Waals surface area contributed by atoms with Gasteiger partial charge in [0.05, 0.1) is 39.9 Å². The highest BCUT2D eigenvalue weighted by atomic mass is 16.3. The normalized spacial score (nSPS) is 11.6. The van der Waals surface area contributed by atoms with Crippen LogP contribution in [0.25, 0.3) is 160 Å². The quantitative estimate of drug-likeness (QED) is 0.135. The number of benzene rings is 12. The number of aromatic nitrogens is 5. The number of rotatable bonds is 9. The number of furan rings is 1. The van der Waals surface area contributed by atoms with Gasteiger partial charge in [0, 0.05) is 43.4 Å². The van der Waals surface area contributed by atoms with Crippen molar-refractivity contribution in [3.8, 4) is 90.0 Å². The van der Waals surface area contributed by atoms with Crippen LogP contribution in [0.2, 0.25) is 0 Å². The third kappa shape index (κ3) is 7.92. The lowest BCUT2D eigenvalue weighted by Crippen LogP contribution is -2.04. The molecular formula is C76H46N6O. The summed E-state index contributed by atoms with van der Waals surface area (Å²) >= 11 is 0. The first-order valence-electron chi connectivity index (χ1n) is 27.8. The molecule has 7 nitrogen and oxygen atoms in total. The SMILES string of the molecule is [C-]#[N+]c1cc2c(oc3c(-c4nc(-c5ccccc5)nc(-c5ccccc5)n4)cccc32)c(-n2c3ccc(-c4ccccc4)cc3c3cc(-c4ccccc4)ccc32)c1-n1c2ccc(-c3ccccc3)cc2c2cc(-c3ccccc3)ccc21. The van der Waals surface area contributed by atoms with E-state index in [0.29, 0.717) is 45.6 Å². The van der Waals surface area contributed by atoms with E-state index in [4.69, 9.17) is 19.4 Å². The van der Waals surface area contributed by atoms with Gasteiger partial charge in [0.15, 0.2) is 23.1 Å². The summed E-state index contributed by atoms with van der Waals surface area (Å²) in [6, 6.07) is 97.4. The summed E-state index contributed by atoms with van der Waals surface area (Å²) in [6.07, 6.45) is 0. The van der Waals surface area contributed by atoms with E-state index < -0.39 is 0 Å². The maximum absolute atomic E-state index is 9.36. The van der Waals surface area contributed by atoms with Crippen LogP contribution < -0.4 is 0 Å². The van der Waals surface area contributed by atoms with Crippen LogP contribution in [-0.2, 0) is 0 Å². The van der Waals surface area contributed by atoms with Crippen LogP contribution >= 0.6 is 0 Å². The Labute approximate surface area is 477 Å². The minimum absolute atomic E-state index is 0.466. The Balaban J connectivity index is 1.05. The largest absolute Gasteiger partial charge is 0.453 e. The number of para-hydroxylation sites is 1. The zero-order chi connectivity index (χ0) is 55.0. The first-order valence-corrected chi connectivity index (χ1v) is 27.8. The second kappa shape index (κ2) is 19.4. The van der Waals surface area contributed by atoms with E-state index in [-0.39, 0.29) is 0 Å². The van der Waals surface area contributed by atoms with Crippen LogP contribution in [-0.4, -0.2) is 24.1 Å². The molecule has 12 aromatic carbocycles. The van der Waals surface area contributed by atoms with Gasteiger partial charge in [-0.3, -0.25) is 0 Å². The van der Waals surface area contributed by atoms with Crippen molar-refractivity contribution in [2.24, 2.45) is 0 Å². The average molecular weight is 1060 g/mol. The van der Waals surface area contributed by atoms with Crippen LogP contribution in [0.3, 0.4) is 0 Å². The molecule has 0 aliphatic rings. The van der Waals surface area contributed by atoms with Gasteiger partial charge >= 0.3 is 0 Å². The molecule has 7 heteroatoms. The van der Waals surface area contributed by atoms with Crippen molar-refractivity contribution in [3.05, 3.63) is 290 Å². The molecule has 0 aliphatic heterocycles. The molecule has 0 radical (unpaired) electrons. The Bertz CT molecular complexity index is 4990. The minimum Gasteiger partial charge on any atom is -0.453 e. The van der Waals surface area contributed by atoms with E-state index in [2.05, 4.69) is 214 Å². The molecule has 83 heavy (non-hydrogen) atoms. The number of nitrogens with zero attached hydrogens (tertiary/aromatic N) is 6. The van der Waals surface area contributed by atoms with Crippen LogP contribution in [0, 0.1) is 6.57 Å². The third-order valence-electron chi connectivity index (χ3n) is 16.2. The molecule has 0 spiro atoms. The minimum atomic E-state index is 0.466. The molecule has 16 rings (SSSR count). The average Bonchev–Trinajstić information content (AvgIpc) is 3.07. The molecule has 0 N–H and O–H groups in total. The molecular weight excluding hydrogens is 1010 g/mol. The summed E-state index contributed by atoms with van der Waals surface area (Å²) in [5.41, 5.74) is 18.3. The van der Waals surface area contributed by atoms with Gasteiger partial charge in [-0.2, -0.15) is 0 Å². The van der Waals surface area contributed by atoms with Crippen molar-refractivity contribution in [3.63, 3.8) is 0 Å². The van der Waals surface area contributed by atoms with E-state index >= 15 is 0 Å². The molecule has 0 amide bonds. The first kappa shape index (κ1) is 47.5. The maximum atomic E-state index is 9.36. The Morgan fingerprint density at radius 1 is 0.277 bits per heavy atom. The lowest BCUT2D eigenvalue weighted by Gasteiger charge is -2.19. The summed E-state index contributed by atoms with van der Waals surface area (Å²) in [5.74, 6) is 1.57. The van der Waals surface area contributed by atoms with Crippen LogP contribution in [0.1, 0.15) is 0 Å². The van der Waals surface area contributed by atoms with Crippen molar-refractivity contribution in [2.75, 3.05) is 0 Å². The van der Waals surface area contributed by atoms with E-state index in [1.54, 1.807) is 0 Å². The predicted octanol–water partition coefficient (Wildman–Crippen LogP) is 20.2. The van der Waals surface area contributed by atoms with Gasteiger partial charge in [0.1, 0.15) is 11.3 Å². The predicted molar refractivity (Wildman–Crippen MR) is 340 cm³/mol. The van der Waals surface area contributed by atoms with E-state index in [1.165, 1.54) is 0 Å². The molecule has 0 atom stereocenters. The molecule has 0 saturated carbocycles. The molecule has 4 aromatic heterocycles. The van der Waals surface area contributed by atoms with E-state index in [9.17, 15) is 6.57 Å². The summed E-state index contributed by atoms with van der Waals surface area (Å²) < 4.78 is 12.3. The van der Waals surface area contributed by atoms with Crippen molar-refractivity contribution in [1.29, 1.82) is 0 Å². The first-order chi connectivity index (χ1) is 41.1. The number of fused-ring (bicyclic) bond motifs is 9. The fraction of sp³-hybridized carbons (Fsp3) is 0. The second-order valence-corrected chi connectivity index (χ2v) is 21.0. The summed E-state index contributed by atoms with van der Waals surface area (Å²) in [4.78, 5) is 20.0. The molecule has 16 aromatic rings. The topological polar surface area (TPSA) is 66.0 Å². The number of hydrogen-bond donors (Lipinski definition) is 0. The highest BCUT2D eigenvalue weighted by Gasteiger charge is 2.29. The Hall–Kier alpha value is -11.5. The van der Waals surface area contributed by atoms with Gasteiger partial charge in [-0.1, -0.05) is 218 Å². The van der Waals surface area contributed by atoms with Crippen molar-refractivity contribution >= 4 is 71.2 Å². The van der Waals surface area contributed by atoms with Crippen LogP contribution in [0.15, 0.2) is 283 Å². The fourth-order valence-electron chi connectivity index (χ4n) is 12.3. The highest BCUT2D eigenvalue weighted by molar-refractivity contribution is 6.19. The lowest BCUT2D eigenvalue weighted by atomic mass is 10.0. The highest BCUT2D eigenvalue weighted by Crippen LogP contribution is 2.50. The molecule has 0 saturated heterocycles. The molecule has 4 heterocycles. The maximum Gasteiger partial charge on any atom is 0.213 e. The molecule has 386 valence electrons. The van der Waals surface area contributed by atoms with Gasteiger partial charge in [0.25, 0.3) is 0 Å². The van der Waals surface area contributed by atoms with Gasteiger partial charge in [0.2, 0.25) is 5.69 Å². The Kier molecular flexibility index (Phi) is 11.1.